The fraction of sp³-hybridized carbons (Fsp3) is 0.618. The third-order valence-electron chi connectivity index (χ3n) is 9.76. The Morgan fingerprint density at radius 2 is 0.705 bits per heavy atom. The highest BCUT2D eigenvalue weighted by molar-refractivity contribution is 5.72. The Morgan fingerprint density at radius 1 is 0.361 bits per heavy atom. The third-order valence-corrected chi connectivity index (χ3v) is 9.76. The second kappa shape index (κ2) is 48.7. The molecular weight excluding hydrogens is 757 g/mol. The SMILES string of the molecule is CC/C=C\C/C=C\C/C=C\CC(=O)OCC(COC(=O)CCC/C=C\C/C=C\C/C=C\CCCCCCCC)OC(=O)CCC/C=C\C/C=C\C/C=C\CCCCCCCC. The molecule has 0 radical (unpaired) electrons. The van der Waals surface area contributed by atoms with Crippen LogP contribution in [0.5, 0.6) is 0 Å². The molecule has 344 valence electrons. The molecule has 0 aromatic carbocycles. The summed E-state index contributed by atoms with van der Waals surface area (Å²) < 4.78 is 16.5. The molecule has 0 aliphatic carbocycles. The largest absolute Gasteiger partial charge is 0.462 e. The van der Waals surface area contributed by atoms with Gasteiger partial charge in [0.2, 0.25) is 0 Å². The monoisotopic (exact) mass is 845 g/mol. The molecule has 0 heterocycles. The number of carbonyl (C=O) groups excluding carboxylic acids is 3. The molecule has 0 rings (SSSR count). The topological polar surface area (TPSA) is 78.9 Å². The zero-order valence-electron chi connectivity index (χ0n) is 39.1. The lowest BCUT2D eigenvalue weighted by Gasteiger charge is -2.18. The Bertz CT molecular complexity index is 1290. The minimum atomic E-state index is -0.860. The molecule has 1 unspecified atom stereocenters. The van der Waals surface area contributed by atoms with E-state index in [4.69, 9.17) is 14.2 Å². The standard InChI is InChI=1S/C55H88O6/c1-4-7-10-13-16-19-21-23-25-27-29-31-33-36-39-42-45-48-54(57)60-51-52(50-59-53(56)47-44-41-38-35-18-15-12-9-6-3)61-55(58)49-46-43-40-37-34-32-30-28-26-24-22-20-17-14-11-8-5-2/h9,12,18,23-26,29-32,35-37,39-41,44,52H,4-8,10-11,13-17,19-22,27-28,33-34,38,42-43,45-51H2,1-3H3/b12-9-,25-23-,26-24-,31-29-,32-30-,35-18-,39-36-,40-37-,44-41-. The third kappa shape index (κ3) is 47.0. The predicted octanol–water partition coefficient (Wildman–Crippen LogP) is 16.0. The quantitative estimate of drug-likeness (QED) is 0.0264. The smallest absolute Gasteiger partial charge is 0.309 e. The van der Waals surface area contributed by atoms with E-state index in [9.17, 15) is 14.4 Å². The average molecular weight is 845 g/mol. The highest BCUT2D eigenvalue weighted by Gasteiger charge is 2.19. The van der Waals surface area contributed by atoms with Crippen molar-refractivity contribution in [2.75, 3.05) is 13.2 Å². The summed E-state index contributed by atoms with van der Waals surface area (Å²) in [4.78, 5) is 37.7. The van der Waals surface area contributed by atoms with Gasteiger partial charge in [-0.15, -0.1) is 0 Å². The number of hydrogen-bond donors (Lipinski definition) is 0. The Kier molecular flexibility index (Phi) is 45.6. The average Bonchev–Trinajstić information content (AvgIpc) is 3.26. The Morgan fingerprint density at radius 3 is 1.15 bits per heavy atom. The first-order valence-electron chi connectivity index (χ1n) is 24.4. The molecule has 0 saturated heterocycles. The summed E-state index contributed by atoms with van der Waals surface area (Å²) in [5.41, 5.74) is 0. The van der Waals surface area contributed by atoms with Gasteiger partial charge in [-0.2, -0.15) is 0 Å². The van der Waals surface area contributed by atoms with Gasteiger partial charge in [-0.25, -0.2) is 0 Å². The van der Waals surface area contributed by atoms with Gasteiger partial charge in [0.25, 0.3) is 0 Å². The van der Waals surface area contributed by atoms with Crippen LogP contribution in [0.25, 0.3) is 0 Å². The molecule has 0 aliphatic heterocycles. The molecule has 61 heavy (non-hydrogen) atoms. The minimum absolute atomic E-state index is 0.112. The highest BCUT2D eigenvalue weighted by atomic mass is 16.6. The molecule has 0 aliphatic rings. The second-order valence-corrected chi connectivity index (χ2v) is 15.6. The Labute approximate surface area is 374 Å². The fourth-order valence-corrected chi connectivity index (χ4v) is 6.12. The van der Waals surface area contributed by atoms with Crippen LogP contribution >= 0.6 is 0 Å². The van der Waals surface area contributed by atoms with Crippen molar-refractivity contribution in [2.24, 2.45) is 0 Å². The first-order chi connectivity index (χ1) is 30.0. The van der Waals surface area contributed by atoms with Crippen LogP contribution in [-0.4, -0.2) is 37.2 Å². The maximum atomic E-state index is 12.7. The van der Waals surface area contributed by atoms with Gasteiger partial charge in [-0.3, -0.25) is 14.4 Å². The van der Waals surface area contributed by atoms with Gasteiger partial charge < -0.3 is 14.2 Å². The molecule has 0 aromatic rings. The van der Waals surface area contributed by atoms with Crippen LogP contribution < -0.4 is 0 Å². The normalized spacial score (nSPS) is 13.0. The van der Waals surface area contributed by atoms with Crippen LogP contribution in [0.15, 0.2) is 109 Å². The zero-order valence-corrected chi connectivity index (χ0v) is 39.1. The highest BCUT2D eigenvalue weighted by Crippen LogP contribution is 2.10. The molecule has 6 nitrogen and oxygen atoms in total. The number of hydrogen-bond acceptors (Lipinski definition) is 6. The maximum absolute atomic E-state index is 12.7. The van der Waals surface area contributed by atoms with Crippen molar-refractivity contribution in [3.63, 3.8) is 0 Å². The lowest BCUT2D eigenvalue weighted by Crippen LogP contribution is -2.30. The molecule has 0 saturated carbocycles. The van der Waals surface area contributed by atoms with Gasteiger partial charge in [-0.05, 0) is 96.3 Å². The predicted molar refractivity (Wildman–Crippen MR) is 260 cm³/mol. The molecule has 0 spiro atoms. The summed E-state index contributed by atoms with van der Waals surface area (Å²) >= 11 is 0. The summed E-state index contributed by atoms with van der Waals surface area (Å²) in [7, 11) is 0. The summed E-state index contributed by atoms with van der Waals surface area (Å²) in [5.74, 6) is -1.19. The first kappa shape index (κ1) is 57.1. The summed E-state index contributed by atoms with van der Waals surface area (Å²) in [6, 6.07) is 0. The maximum Gasteiger partial charge on any atom is 0.309 e. The van der Waals surface area contributed by atoms with Crippen molar-refractivity contribution < 1.29 is 28.6 Å². The molecule has 1 atom stereocenters. The number of allylic oxidation sites excluding steroid dienone is 17. The lowest BCUT2D eigenvalue weighted by atomic mass is 10.1. The van der Waals surface area contributed by atoms with E-state index >= 15 is 0 Å². The van der Waals surface area contributed by atoms with Crippen molar-refractivity contribution in [2.45, 2.75) is 207 Å². The van der Waals surface area contributed by atoms with E-state index in [0.29, 0.717) is 12.8 Å². The second-order valence-electron chi connectivity index (χ2n) is 15.6. The van der Waals surface area contributed by atoms with Crippen LogP contribution in [-0.2, 0) is 28.6 Å². The van der Waals surface area contributed by atoms with Crippen molar-refractivity contribution in [1.29, 1.82) is 0 Å². The van der Waals surface area contributed by atoms with E-state index in [1.54, 1.807) is 6.08 Å². The number of carbonyl (C=O) groups is 3. The van der Waals surface area contributed by atoms with Gasteiger partial charge in [0.05, 0.1) is 6.42 Å². The van der Waals surface area contributed by atoms with Crippen LogP contribution in [0.2, 0.25) is 0 Å². The van der Waals surface area contributed by atoms with Crippen LogP contribution in [0, 0.1) is 0 Å². The fourth-order valence-electron chi connectivity index (χ4n) is 6.12. The molecule has 0 bridgehead atoms. The Balaban J connectivity index is 4.57. The van der Waals surface area contributed by atoms with Crippen molar-refractivity contribution >= 4 is 17.9 Å². The van der Waals surface area contributed by atoms with Gasteiger partial charge in [0.15, 0.2) is 6.10 Å². The zero-order chi connectivity index (χ0) is 44.4. The van der Waals surface area contributed by atoms with E-state index in [0.717, 1.165) is 57.8 Å². The molecule has 0 N–H and O–H groups in total. The van der Waals surface area contributed by atoms with Gasteiger partial charge in [0.1, 0.15) is 13.2 Å². The van der Waals surface area contributed by atoms with Gasteiger partial charge in [0, 0.05) is 12.8 Å². The van der Waals surface area contributed by atoms with Crippen LogP contribution in [0.1, 0.15) is 201 Å². The van der Waals surface area contributed by atoms with E-state index in [-0.39, 0.29) is 38.4 Å². The van der Waals surface area contributed by atoms with Crippen molar-refractivity contribution in [3.05, 3.63) is 109 Å². The molecule has 0 amide bonds. The molecule has 0 aromatic heterocycles. The van der Waals surface area contributed by atoms with Crippen molar-refractivity contribution in [3.8, 4) is 0 Å². The van der Waals surface area contributed by atoms with Crippen LogP contribution in [0.3, 0.4) is 0 Å². The van der Waals surface area contributed by atoms with E-state index in [2.05, 4.69) is 118 Å². The molecular formula is C55H88O6. The van der Waals surface area contributed by atoms with Gasteiger partial charge in [-0.1, -0.05) is 194 Å². The van der Waals surface area contributed by atoms with Crippen LogP contribution in [0.4, 0.5) is 0 Å². The molecule has 0 fully saturated rings. The lowest BCUT2D eigenvalue weighted by molar-refractivity contribution is -0.166. The number of esters is 3. The summed E-state index contributed by atoms with van der Waals surface area (Å²) in [6.07, 6.45) is 65.5. The summed E-state index contributed by atoms with van der Waals surface area (Å²) in [6.45, 7) is 6.30. The first-order valence-corrected chi connectivity index (χ1v) is 24.4. The minimum Gasteiger partial charge on any atom is -0.462 e. The number of ether oxygens (including phenoxy) is 3. The number of rotatable bonds is 42. The van der Waals surface area contributed by atoms with Gasteiger partial charge >= 0.3 is 17.9 Å². The van der Waals surface area contributed by atoms with Crippen molar-refractivity contribution in [1.82, 2.24) is 0 Å². The Hall–Kier alpha value is -3.93. The number of unbranched alkanes of at least 4 members (excludes halogenated alkanes) is 14. The van der Waals surface area contributed by atoms with E-state index in [1.165, 1.54) is 89.9 Å². The molecule has 6 heteroatoms. The van der Waals surface area contributed by atoms with E-state index in [1.807, 2.05) is 6.08 Å². The summed E-state index contributed by atoms with van der Waals surface area (Å²) in [5, 5.41) is 0. The van der Waals surface area contributed by atoms with E-state index < -0.39 is 18.0 Å².